The van der Waals surface area contributed by atoms with Gasteiger partial charge in [-0.15, -0.1) is 0 Å². The molecule has 2 aromatic rings. The zero-order valence-electron chi connectivity index (χ0n) is 12.5. The normalized spacial score (nSPS) is 17.6. The summed E-state index contributed by atoms with van der Waals surface area (Å²) in [6.07, 6.45) is 3.12. The standard InChI is InChI=1S/C17H19FN4/c18-14-6-2-1-4-12(14)16-20-15-7-3-5-13(15)17(21-16)22-10-8-19-9-11-22/h1-2,4,6,19H,3,5,7-11H2. The molecule has 0 radical (unpaired) electrons. The summed E-state index contributed by atoms with van der Waals surface area (Å²) in [5, 5.41) is 3.36. The van der Waals surface area contributed by atoms with Crippen molar-refractivity contribution < 1.29 is 4.39 Å². The summed E-state index contributed by atoms with van der Waals surface area (Å²) in [6.45, 7) is 3.82. The zero-order valence-corrected chi connectivity index (χ0v) is 12.5. The number of rotatable bonds is 2. The fourth-order valence-corrected chi connectivity index (χ4v) is 3.31. The van der Waals surface area contributed by atoms with E-state index in [1.165, 1.54) is 11.6 Å². The third kappa shape index (κ3) is 2.35. The molecule has 5 heteroatoms. The van der Waals surface area contributed by atoms with Crippen molar-refractivity contribution in [2.75, 3.05) is 31.1 Å². The number of nitrogens with one attached hydrogen (secondary N) is 1. The number of aromatic nitrogens is 2. The number of piperazine rings is 1. The number of benzene rings is 1. The minimum Gasteiger partial charge on any atom is -0.354 e. The summed E-state index contributed by atoms with van der Waals surface area (Å²) < 4.78 is 14.1. The number of nitrogens with zero attached hydrogens (tertiary/aromatic N) is 3. The molecule has 4 nitrogen and oxygen atoms in total. The summed E-state index contributed by atoms with van der Waals surface area (Å²) in [5.74, 6) is 1.28. The van der Waals surface area contributed by atoms with Crippen molar-refractivity contribution in [1.82, 2.24) is 15.3 Å². The minimum atomic E-state index is -0.258. The first-order valence-electron chi connectivity index (χ1n) is 7.93. The van der Waals surface area contributed by atoms with Gasteiger partial charge in [0.1, 0.15) is 11.6 Å². The number of halogens is 1. The SMILES string of the molecule is Fc1ccccc1-c1nc2c(c(N3CCNCC3)n1)CCC2. The maximum absolute atomic E-state index is 14.1. The lowest BCUT2D eigenvalue weighted by atomic mass is 10.1. The van der Waals surface area contributed by atoms with Gasteiger partial charge in [-0.2, -0.15) is 0 Å². The van der Waals surface area contributed by atoms with Gasteiger partial charge in [0.25, 0.3) is 0 Å². The number of hydrogen-bond acceptors (Lipinski definition) is 4. The predicted octanol–water partition coefficient (Wildman–Crippen LogP) is 2.18. The van der Waals surface area contributed by atoms with Gasteiger partial charge >= 0.3 is 0 Å². The summed E-state index contributed by atoms with van der Waals surface area (Å²) in [6, 6.07) is 6.76. The summed E-state index contributed by atoms with van der Waals surface area (Å²) in [5.41, 5.74) is 2.86. The Morgan fingerprint density at radius 3 is 2.68 bits per heavy atom. The van der Waals surface area contributed by atoms with Crippen LogP contribution in [0, 0.1) is 5.82 Å². The van der Waals surface area contributed by atoms with Crippen molar-refractivity contribution in [2.24, 2.45) is 0 Å². The molecular weight excluding hydrogens is 279 g/mol. The predicted molar refractivity (Wildman–Crippen MR) is 84.5 cm³/mol. The lowest BCUT2D eigenvalue weighted by molar-refractivity contribution is 0.583. The average Bonchev–Trinajstić information content (AvgIpc) is 3.03. The number of hydrogen-bond donors (Lipinski definition) is 1. The highest BCUT2D eigenvalue weighted by Crippen LogP contribution is 2.32. The molecule has 1 N–H and O–H groups in total. The Morgan fingerprint density at radius 2 is 1.86 bits per heavy atom. The smallest absolute Gasteiger partial charge is 0.164 e. The molecule has 0 unspecified atom stereocenters. The Hall–Kier alpha value is -2.01. The quantitative estimate of drug-likeness (QED) is 0.922. The van der Waals surface area contributed by atoms with Crippen molar-refractivity contribution in [3.8, 4) is 11.4 Å². The lowest BCUT2D eigenvalue weighted by Gasteiger charge is -2.30. The van der Waals surface area contributed by atoms with Crippen LogP contribution in [0.3, 0.4) is 0 Å². The van der Waals surface area contributed by atoms with Crippen molar-refractivity contribution >= 4 is 5.82 Å². The van der Waals surface area contributed by atoms with Crippen LogP contribution in [0.25, 0.3) is 11.4 Å². The Bertz CT molecular complexity index is 695. The maximum Gasteiger partial charge on any atom is 0.164 e. The van der Waals surface area contributed by atoms with Crippen molar-refractivity contribution in [1.29, 1.82) is 0 Å². The van der Waals surface area contributed by atoms with Gasteiger partial charge in [0.2, 0.25) is 0 Å². The highest BCUT2D eigenvalue weighted by molar-refractivity contribution is 5.62. The van der Waals surface area contributed by atoms with E-state index in [1.54, 1.807) is 12.1 Å². The Kier molecular flexibility index (Phi) is 3.50. The highest BCUT2D eigenvalue weighted by atomic mass is 19.1. The fourth-order valence-electron chi connectivity index (χ4n) is 3.31. The molecule has 0 spiro atoms. The second kappa shape index (κ2) is 5.65. The number of anilines is 1. The van der Waals surface area contributed by atoms with E-state index in [0.29, 0.717) is 11.4 Å². The molecular formula is C17H19FN4. The van der Waals surface area contributed by atoms with E-state index < -0.39 is 0 Å². The van der Waals surface area contributed by atoms with E-state index in [0.717, 1.165) is 57.0 Å². The number of fused-ring (bicyclic) bond motifs is 1. The molecule has 1 saturated heterocycles. The third-order valence-electron chi connectivity index (χ3n) is 4.44. The monoisotopic (exact) mass is 298 g/mol. The molecule has 114 valence electrons. The second-order valence-corrected chi connectivity index (χ2v) is 5.87. The molecule has 0 amide bonds. The molecule has 2 aliphatic rings. The average molecular weight is 298 g/mol. The first-order chi connectivity index (χ1) is 10.8. The van der Waals surface area contributed by atoms with E-state index in [4.69, 9.17) is 4.98 Å². The summed E-state index contributed by atoms with van der Waals surface area (Å²) in [7, 11) is 0. The molecule has 0 saturated carbocycles. The minimum absolute atomic E-state index is 0.258. The van der Waals surface area contributed by atoms with Crippen LogP contribution in [-0.4, -0.2) is 36.1 Å². The van der Waals surface area contributed by atoms with E-state index in [9.17, 15) is 4.39 Å². The van der Waals surface area contributed by atoms with Crippen molar-refractivity contribution in [2.45, 2.75) is 19.3 Å². The first-order valence-corrected chi connectivity index (χ1v) is 7.93. The Morgan fingerprint density at radius 1 is 1.05 bits per heavy atom. The van der Waals surface area contributed by atoms with Crippen LogP contribution in [0.5, 0.6) is 0 Å². The zero-order chi connectivity index (χ0) is 14.9. The third-order valence-corrected chi connectivity index (χ3v) is 4.44. The van der Waals surface area contributed by atoms with Crippen LogP contribution in [0.15, 0.2) is 24.3 Å². The van der Waals surface area contributed by atoms with Crippen LogP contribution in [-0.2, 0) is 12.8 Å². The highest BCUT2D eigenvalue weighted by Gasteiger charge is 2.24. The van der Waals surface area contributed by atoms with Crippen molar-refractivity contribution in [3.63, 3.8) is 0 Å². The molecule has 1 fully saturated rings. The topological polar surface area (TPSA) is 41.1 Å². The van der Waals surface area contributed by atoms with Gasteiger partial charge in [-0.1, -0.05) is 12.1 Å². The fraction of sp³-hybridized carbons (Fsp3) is 0.412. The molecule has 1 aliphatic heterocycles. The van der Waals surface area contributed by atoms with Gasteiger partial charge in [0.05, 0.1) is 5.56 Å². The van der Waals surface area contributed by atoms with Gasteiger partial charge in [0, 0.05) is 37.4 Å². The summed E-state index contributed by atoms with van der Waals surface area (Å²) >= 11 is 0. The van der Waals surface area contributed by atoms with E-state index in [1.807, 2.05) is 6.07 Å². The largest absolute Gasteiger partial charge is 0.354 e. The first kappa shape index (κ1) is 13.6. The van der Waals surface area contributed by atoms with Crippen LogP contribution in [0.4, 0.5) is 10.2 Å². The van der Waals surface area contributed by atoms with E-state index in [-0.39, 0.29) is 5.82 Å². The Labute approximate surface area is 129 Å². The van der Waals surface area contributed by atoms with E-state index >= 15 is 0 Å². The van der Waals surface area contributed by atoms with Crippen LogP contribution >= 0.6 is 0 Å². The number of aryl methyl sites for hydroxylation is 1. The van der Waals surface area contributed by atoms with Crippen LogP contribution in [0.2, 0.25) is 0 Å². The second-order valence-electron chi connectivity index (χ2n) is 5.87. The molecule has 22 heavy (non-hydrogen) atoms. The Balaban J connectivity index is 1.82. The van der Waals surface area contributed by atoms with Gasteiger partial charge in [-0.25, -0.2) is 14.4 Å². The molecule has 4 rings (SSSR count). The lowest BCUT2D eigenvalue weighted by Crippen LogP contribution is -2.44. The molecule has 1 aromatic carbocycles. The molecule has 0 bridgehead atoms. The van der Waals surface area contributed by atoms with Gasteiger partial charge < -0.3 is 10.2 Å². The van der Waals surface area contributed by atoms with Crippen LogP contribution in [0.1, 0.15) is 17.7 Å². The molecule has 2 heterocycles. The van der Waals surface area contributed by atoms with Gasteiger partial charge in [0.15, 0.2) is 5.82 Å². The van der Waals surface area contributed by atoms with E-state index in [2.05, 4.69) is 15.2 Å². The molecule has 1 aromatic heterocycles. The van der Waals surface area contributed by atoms with Gasteiger partial charge in [-0.3, -0.25) is 0 Å². The molecule has 1 aliphatic carbocycles. The summed E-state index contributed by atoms with van der Waals surface area (Å²) in [4.78, 5) is 11.7. The molecule has 0 atom stereocenters. The van der Waals surface area contributed by atoms with Gasteiger partial charge in [-0.05, 0) is 31.4 Å². The van der Waals surface area contributed by atoms with Crippen LogP contribution < -0.4 is 10.2 Å². The van der Waals surface area contributed by atoms with Crippen molar-refractivity contribution in [3.05, 3.63) is 41.3 Å². The maximum atomic E-state index is 14.1.